The lowest BCUT2D eigenvalue weighted by atomic mass is 10.2. The molecule has 3 aromatic rings. The quantitative estimate of drug-likeness (QED) is 0.323. The average Bonchev–Trinajstić information content (AvgIpc) is 2.91. The van der Waals surface area contributed by atoms with E-state index in [1.807, 2.05) is 40.9 Å². The first-order chi connectivity index (χ1) is 10.2. The van der Waals surface area contributed by atoms with Crippen LogP contribution >= 0.6 is 27.7 Å². The van der Waals surface area contributed by atoms with Crippen LogP contribution < -0.4 is 5.73 Å². The monoisotopic (exact) mass is 363 g/mol. The van der Waals surface area contributed by atoms with Crippen molar-refractivity contribution >= 4 is 39.2 Å². The molecule has 3 N–H and O–H groups in total. The molecule has 0 aliphatic rings. The predicted molar refractivity (Wildman–Crippen MR) is 83.8 cm³/mol. The van der Waals surface area contributed by atoms with Gasteiger partial charge in [0.05, 0.1) is 0 Å². The molecule has 6 nitrogen and oxygen atoms in total. The molecule has 0 radical (unpaired) electrons. The van der Waals surface area contributed by atoms with Gasteiger partial charge in [-0.3, -0.25) is 4.40 Å². The number of hydrogen-bond donors (Lipinski definition) is 2. The van der Waals surface area contributed by atoms with Crippen LogP contribution in [0.25, 0.3) is 5.65 Å². The lowest BCUT2D eigenvalue weighted by molar-refractivity contribution is 0.318. The second-order valence-electron chi connectivity index (χ2n) is 4.14. The first-order valence-electron chi connectivity index (χ1n) is 5.94. The van der Waals surface area contributed by atoms with E-state index in [-0.39, 0.29) is 5.84 Å². The molecule has 0 aliphatic heterocycles. The highest BCUT2D eigenvalue weighted by molar-refractivity contribution is 9.10. The number of fused-ring (bicyclic) bond motifs is 1. The van der Waals surface area contributed by atoms with Crippen LogP contribution in [-0.4, -0.2) is 25.6 Å². The van der Waals surface area contributed by atoms with Crippen molar-refractivity contribution in [3.63, 3.8) is 0 Å². The molecule has 1 aromatic carbocycles. The maximum absolute atomic E-state index is 8.91. The first kappa shape index (κ1) is 13.9. The lowest BCUT2D eigenvalue weighted by Gasteiger charge is -2.07. The molecule has 2 heterocycles. The highest BCUT2D eigenvalue weighted by atomic mass is 79.9. The lowest BCUT2D eigenvalue weighted by Crippen LogP contribution is -2.14. The fourth-order valence-corrected chi connectivity index (χ4v) is 3.13. The maximum Gasteiger partial charge on any atom is 0.200 e. The molecule has 0 amide bonds. The number of amidine groups is 1. The van der Waals surface area contributed by atoms with E-state index in [4.69, 9.17) is 10.9 Å². The van der Waals surface area contributed by atoms with Crippen molar-refractivity contribution in [2.24, 2.45) is 10.9 Å². The molecule has 8 heteroatoms. The van der Waals surface area contributed by atoms with E-state index in [0.717, 1.165) is 15.0 Å². The van der Waals surface area contributed by atoms with Crippen LogP contribution in [-0.2, 0) is 0 Å². The summed E-state index contributed by atoms with van der Waals surface area (Å²) in [5.41, 5.74) is 7.12. The number of benzene rings is 1. The van der Waals surface area contributed by atoms with Crippen LogP contribution in [0.1, 0.15) is 5.56 Å². The zero-order chi connectivity index (χ0) is 14.8. The number of hydrogen-bond acceptors (Lipinski definition) is 5. The molecular formula is C13H10BrN5OS. The molecule has 106 valence electrons. The second-order valence-corrected chi connectivity index (χ2v) is 6.06. The van der Waals surface area contributed by atoms with Gasteiger partial charge in [-0.2, -0.15) is 0 Å². The Morgan fingerprint density at radius 3 is 2.95 bits per heavy atom. The van der Waals surface area contributed by atoms with Crippen LogP contribution in [0.4, 0.5) is 0 Å². The third-order valence-electron chi connectivity index (χ3n) is 2.81. The molecule has 0 fully saturated rings. The van der Waals surface area contributed by atoms with Gasteiger partial charge in [-0.15, -0.1) is 10.2 Å². The van der Waals surface area contributed by atoms with Crippen LogP contribution in [0.2, 0.25) is 0 Å². The number of rotatable bonds is 3. The standard InChI is InChI=1S/C13H10BrN5OS/c14-8-4-5-10(9(7-8)12(15)18-20)21-13-17-16-11-3-1-2-6-19(11)13/h1-7,20H,(H2,15,18). The molecule has 0 saturated carbocycles. The number of pyridine rings is 1. The van der Waals surface area contributed by atoms with Gasteiger partial charge in [0.1, 0.15) is 0 Å². The van der Waals surface area contributed by atoms with Crippen LogP contribution in [0.5, 0.6) is 0 Å². The molecule has 2 aromatic heterocycles. The summed E-state index contributed by atoms with van der Waals surface area (Å²) in [6.45, 7) is 0. The third-order valence-corrected chi connectivity index (χ3v) is 4.34. The summed E-state index contributed by atoms with van der Waals surface area (Å²) in [5.74, 6) is 0.0487. The number of nitrogens with zero attached hydrogens (tertiary/aromatic N) is 4. The second kappa shape index (κ2) is 5.74. The van der Waals surface area contributed by atoms with Crippen LogP contribution in [0.3, 0.4) is 0 Å². The van der Waals surface area contributed by atoms with Gasteiger partial charge in [0.2, 0.25) is 0 Å². The van der Waals surface area contributed by atoms with Gasteiger partial charge >= 0.3 is 0 Å². The molecule has 0 bridgehead atoms. The Balaban J connectivity index is 2.06. The molecule has 0 atom stereocenters. The summed E-state index contributed by atoms with van der Waals surface area (Å²) in [6, 6.07) is 11.3. The molecular weight excluding hydrogens is 354 g/mol. The van der Waals surface area contributed by atoms with Crippen molar-refractivity contribution in [2.45, 2.75) is 10.1 Å². The van der Waals surface area contributed by atoms with Crippen molar-refractivity contribution in [3.05, 3.63) is 52.6 Å². The van der Waals surface area contributed by atoms with Crippen LogP contribution in [0, 0.1) is 0 Å². The molecule has 3 rings (SSSR count). The SMILES string of the molecule is N/C(=N/O)c1cc(Br)ccc1Sc1nnc2ccccn12. The highest BCUT2D eigenvalue weighted by Gasteiger charge is 2.13. The van der Waals surface area contributed by atoms with E-state index >= 15 is 0 Å². The predicted octanol–water partition coefficient (Wildman–Crippen LogP) is 2.74. The van der Waals surface area contributed by atoms with E-state index in [0.29, 0.717) is 10.7 Å². The van der Waals surface area contributed by atoms with Gasteiger partial charge in [0.15, 0.2) is 16.6 Å². The summed E-state index contributed by atoms with van der Waals surface area (Å²) in [4.78, 5) is 0.826. The first-order valence-corrected chi connectivity index (χ1v) is 7.55. The van der Waals surface area contributed by atoms with E-state index in [1.165, 1.54) is 11.8 Å². The van der Waals surface area contributed by atoms with E-state index in [1.54, 1.807) is 6.07 Å². The Morgan fingerprint density at radius 2 is 2.14 bits per heavy atom. The minimum Gasteiger partial charge on any atom is -0.409 e. The van der Waals surface area contributed by atoms with Crippen molar-refractivity contribution in [1.29, 1.82) is 0 Å². The van der Waals surface area contributed by atoms with Crippen molar-refractivity contribution in [3.8, 4) is 0 Å². The maximum atomic E-state index is 8.91. The van der Waals surface area contributed by atoms with Gasteiger partial charge in [-0.1, -0.05) is 27.2 Å². The minimum atomic E-state index is 0.0487. The Labute approximate surface area is 132 Å². The summed E-state index contributed by atoms with van der Waals surface area (Å²) in [7, 11) is 0. The molecule has 21 heavy (non-hydrogen) atoms. The Hall–Kier alpha value is -2.06. The Bertz CT molecular complexity index is 832. The minimum absolute atomic E-state index is 0.0487. The van der Waals surface area contributed by atoms with Crippen LogP contribution in [0.15, 0.2) is 62.3 Å². The number of halogens is 1. The van der Waals surface area contributed by atoms with E-state index < -0.39 is 0 Å². The Morgan fingerprint density at radius 1 is 1.29 bits per heavy atom. The largest absolute Gasteiger partial charge is 0.409 e. The van der Waals surface area contributed by atoms with Gasteiger partial charge in [-0.25, -0.2) is 0 Å². The van der Waals surface area contributed by atoms with E-state index in [9.17, 15) is 0 Å². The summed E-state index contributed by atoms with van der Waals surface area (Å²) < 4.78 is 2.72. The summed E-state index contributed by atoms with van der Waals surface area (Å²) in [6.07, 6.45) is 1.89. The molecule has 0 spiro atoms. The van der Waals surface area contributed by atoms with Gasteiger partial charge in [0, 0.05) is 21.1 Å². The smallest absolute Gasteiger partial charge is 0.200 e. The fourth-order valence-electron chi connectivity index (χ4n) is 1.83. The zero-order valence-corrected chi connectivity index (χ0v) is 13.0. The molecule has 0 saturated heterocycles. The number of nitrogens with two attached hydrogens (primary N) is 1. The summed E-state index contributed by atoms with van der Waals surface area (Å²) in [5, 5.41) is 20.9. The van der Waals surface area contributed by atoms with Crippen molar-refractivity contribution in [1.82, 2.24) is 14.6 Å². The number of oxime groups is 1. The number of aromatic nitrogens is 3. The summed E-state index contributed by atoms with van der Waals surface area (Å²) >= 11 is 4.78. The third kappa shape index (κ3) is 2.72. The molecule has 0 unspecified atom stereocenters. The van der Waals surface area contributed by atoms with Gasteiger partial charge < -0.3 is 10.9 Å². The molecule has 0 aliphatic carbocycles. The van der Waals surface area contributed by atoms with Gasteiger partial charge in [-0.05, 0) is 42.1 Å². The van der Waals surface area contributed by atoms with E-state index in [2.05, 4.69) is 31.3 Å². The highest BCUT2D eigenvalue weighted by Crippen LogP contribution is 2.31. The average molecular weight is 364 g/mol. The van der Waals surface area contributed by atoms with Crippen molar-refractivity contribution in [2.75, 3.05) is 0 Å². The van der Waals surface area contributed by atoms with Gasteiger partial charge in [0.25, 0.3) is 0 Å². The topological polar surface area (TPSA) is 88.8 Å². The normalized spacial score (nSPS) is 12.0. The van der Waals surface area contributed by atoms with Crippen molar-refractivity contribution < 1.29 is 5.21 Å². The fraction of sp³-hybridized carbons (Fsp3) is 0. The Kier molecular flexibility index (Phi) is 3.80. The zero-order valence-electron chi connectivity index (χ0n) is 10.6.